The number of anilines is 1. The van der Waals surface area contributed by atoms with Crippen LogP contribution in [0.5, 0.6) is 0 Å². The van der Waals surface area contributed by atoms with Gasteiger partial charge in [-0.15, -0.1) is 0 Å². The van der Waals surface area contributed by atoms with E-state index in [-0.39, 0.29) is 6.04 Å². The topological polar surface area (TPSA) is 64.1 Å². The highest BCUT2D eigenvalue weighted by atomic mass is 79.9. The zero-order chi connectivity index (χ0) is 13.8. The molecular weight excluding hydrogens is 370 g/mol. The van der Waals surface area contributed by atoms with Gasteiger partial charge >= 0.3 is 0 Å². The third-order valence-electron chi connectivity index (χ3n) is 2.98. The lowest BCUT2D eigenvalue weighted by Gasteiger charge is -2.18. The van der Waals surface area contributed by atoms with E-state index in [2.05, 4.69) is 49.4 Å². The van der Waals surface area contributed by atoms with Crippen molar-refractivity contribution in [3.63, 3.8) is 0 Å². The molecule has 0 saturated carbocycles. The predicted octanol–water partition coefficient (Wildman–Crippen LogP) is 3.54. The first-order valence-electron chi connectivity index (χ1n) is 5.85. The monoisotopic (exact) mass is 383 g/mol. The van der Waals surface area contributed by atoms with Crippen molar-refractivity contribution in [3.8, 4) is 0 Å². The van der Waals surface area contributed by atoms with Crippen molar-refractivity contribution in [2.75, 3.05) is 5.73 Å². The molecule has 5 heteroatoms. The quantitative estimate of drug-likeness (QED) is 0.429. The van der Waals surface area contributed by atoms with E-state index < -0.39 is 0 Å². The van der Waals surface area contributed by atoms with E-state index in [4.69, 9.17) is 11.6 Å². The average molecular weight is 385 g/mol. The van der Waals surface area contributed by atoms with Gasteiger partial charge < -0.3 is 5.73 Å². The Kier molecular flexibility index (Phi) is 4.99. The van der Waals surface area contributed by atoms with Crippen molar-refractivity contribution in [2.45, 2.75) is 12.5 Å². The maximum atomic E-state index is 6.02. The van der Waals surface area contributed by atoms with Crippen molar-refractivity contribution in [2.24, 2.45) is 5.84 Å². The van der Waals surface area contributed by atoms with Crippen LogP contribution in [0.2, 0.25) is 0 Å². The maximum Gasteiger partial charge on any atom is 0.0521 e. The minimum absolute atomic E-state index is 0.0151. The molecule has 0 radical (unpaired) electrons. The summed E-state index contributed by atoms with van der Waals surface area (Å²) >= 11 is 6.89. The van der Waals surface area contributed by atoms with Crippen molar-refractivity contribution < 1.29 is 0 Å². The van der Waals surface area contributed by atoms with Gasteiger partial charge in [0.2, 0.25) is 0 Å². The summed E-state index contributed by atoms with van der Waals surface area (Å²) in [4.78, 5) is 0. The van der Waals surface area contributed by atoms with E-state index in [1.54, 1.807) is 0 Å². The summed E-state index contributed by atoms with van der Waals surface area (Å²) in [5.74, 6) is 5.67. The van der Waals surface area contributed by atoms with E-state index in [9.17, 15) is 0 Å². The van der Waals surface area contributed by atoms with E-state index in [0.717, 1.165) is 26.6 Å². The third-order valence-corrected chi connectivity index (χ3v) is 4.00. The van der Waals surface area contributed by atoms with Crippen molar-refractivity contribution in [1.82, 2.24) is 5.43 Å². The molecule has 0 spiro atoms. The van der Waals surface area contributed by atoms with Crippen LogP contribution in [0.1, 0.15) is 17.2 Å². The summed E-state index contributed by atoms with van der Waals surface area (Å²) in [5, 5.41) is 0. The molecule has 1 atom stereocenters. The summed E-state index contributed by atoms with van der Waals surface area (Å²) in [5.41, 5.74) is 11.8. The number of rotatable bonds is 4. The number of hydrazine groups is 1. The van der Waals surface area contributed by atoms with E-state index in [1.165, 1.54) is 5.56 Å². The number of hydrogen-bond donors (Lipinski definition) is 3. The fourth-order valence-electron chi connectivity index (χ4n) is 1.96. The number of hydrogen-bond acceptors (Lipinski definition) is 3. The van der Waals surface area contributed by atoms with Gasteiger partial charge in [-0.1, -0.05) is 44.0 Å². The molecule has 100 valence electrons. The predicted molar refractivity (Wildman–Crippen MR) is 86.5 cm³/mol. The minimum Gasteiger partial charge on any atom is -0.398 e. The van der Waals surface area contributed by atoms with Gasteiger partial charge in [0.05, 0.1) is 6.04 Å². The number of halogens is 2. The summed E-state index contributed by atoms with van der Waals surface area (Å²) in [7, 11) is 0. The second-order valence-corrected chi connectivity index (χ2v) is 6.15. The van der Waals surface area contributed by atoms with Crippen LogP contribution in [0.3, 0.4) is 0 Å². The van der Waals surface area contributed by atoms with E-state index >= 15 is 0 Å². The smallest absolute Gasteiger partial charge is 0.0521 e. The van der Waals surface area contributed by atoms with Gasteiger partial charge in [-0.2, -0.15) is 0 Å². The summed E-state index contributed by atoms with van der Waals surface area (Å²) < 4.78 is 2.06. The molecule has 3 nitrogen and oxygen atoms in total. The molecule has 0 amide bonds. The maximum absolute atomic E-state index is 6.02. The summed E-state index contributed by atoms with van der Waals surface area (Å²) in [6, 6.07) is 14.0. The zero-order valence-electron chi connectivity index (χ0n) is 10.2. The van der Waals surface area contributed by atoms with Crippen LogP contribution in [-0.2, 0) is 6.42 Å². The molecule has 1 unspecified atom stereocenters. The second-order valence-electron chi connectivity index (χ2n) is 4.32. The van der Waals surface area contributed by atoms with Crippen LogP contribution in [0.25, 0.3) is 0 Å². The van der Waals surface area contributed by atoms with Crippen LogP contribution < -0.4 is 17.0 Å². The van der Waals surface area contributed by atoms with Crippen LogP contribution in [0.15, 0.2) is 51.4 Å². The first-order valence-corrected chi connectivity index (χ1v) is 7.44. The molecule has 0 aliphatic heterocycles. The van der Waals surface area contributed by atoms with Crippen molar-refractivity contribution in [1.29, 1.82) is 0 Å². The van der Waals surface area contributed by atoms with E-state index in [1.807, 2.05) is 30.3 Å². The zero-order valence-corrected chi connectivity index (χ0v) is 13.4. The Morgan fingerprint density at radius 2 is 1.63 bits per heavy atom. The van der Waals surface area contributed by atoms with E-state index in [0.29, 0.717) is 0 Å². The molecule has 0 heterocycles. The lowest BCUT2D eigenvalue weighted by molar-refractivity contribution is 0.553. The molecule has 19 heavy (non-hydrogen) atoms. The lowest BCUT2D eigenvalue weighted by Crippen LogP contribution is -2.30. The van der Waals surface area contributed by atoms with Gasteiger partial charge in [0.25, 0.3) is 0 Å². The van der Waals surface area contributed by atoms with Gasteiger partial charge in [0.1, 0.15) is 0 Å². The number of nitrogen functional groups attached to an aromatic ring is 1. The normalized spacial score (nSPS) is 12.4. The molecule has 0 fully saturated rings. The van der Waals surface area contributed by atoms with Crippen LogP contribution >= 0.6 is 31.9 Å². The molecule has 0 aliphatic rings. The molecule has 0 aliphatic carbocycles. The van der Waals surface area contributed by atoms with Gasteiger partial charge in [0, 0.05) is 14.6 Å². The largest absolute Gasteiger partial charge is 0.398 e. The highest BCUT2D eigenvalue weighted by molar-refractivity contribution is 9.10. The first-order chi connectivity index (χ1) is 9.10. The number of nitrogens with one attached hydrogen (secondary N) is 1. The van der Waals surface area contributed by atoms with Crippen molar-refractivity contribution >= 4 is 37.5 Å². The molecule has 0 bridgehead atoms. The Morgan fingerprint density at radius 3 is 2.26 bits per heavy atom. The Bertz CT molecular complexity index is 555. The molecule has 5 N–H and O–H groups in total. The SMILES string of the molecule is NNC(Cc1ccc(Br)cc1)c1cc(Br)ccc1N. The first kappa shape index (κ1) is 14.5. The highest BCUT2D eigenvalue weighted by Crippen LogP contribution is 2.27. The number of benzene rings is 2. The minimum atomic E-state index is -0.0151. The Hall–Kier alpha value is -0.880. The average Bonchev–Trinajstić information content (AvgIpc) is 2.41. The Morgan fingerprint density at radius 1 is 1.00 bits per heavy atom. The second kappa shape index (κ2) is 6.52. The molecule has 2 rings (SSSR count). The molecular formula is C14H15Br2N3. The fraction of sp³-hybridized carbons (Fsp3) is 0.143. The molecule has 0 aromatic heterocycles. The third kappa shape index (κ3) is 3.79. The molecule has 2 aromatic carbocycles. The van der Waals surface area contributed by atoms with Crippen LogP contribution in [0.4, 0.5) is 5.69 Å². The Labute approximate surface area is 129 Å². The van der Waals surface area contributed by atoms with Gasteiger partial charge in [-0.3, -0.25) is 11.3 Å². The fourth-order valence-corrected chi connectivity index (χ4v) is 2.61. The molecule has 2 aromatic rings. The van der Waals surface area contributed by atoms with Crippen molar-refractivity contribution in [3.05, 3.63) is 62.5 Å². The standard InChI is InChI=1S/C14H15Br2N3/c15-10-3-1-9(2-4-10)7-14(19-18)12-8-11(16)5-6-13(12)17/h1-6,8,14,19H,7,17-18H2. The Balaban J connectivity index is 2.24. The van der Waals surface area contributed by atoms with Gasteiger partial charge in [-0.05, 0) is 47.9 Å². The number of nitrogens with two attached hydrogens (primary N) is 2. The lowest BCUT2D eigenvalue weighted by atomic mass is 9.98. The van der Waals surface area contributed by atoms with Gasteiger partial charge in [0.15, 0.2) is 0 Å². The summed E-state index contributed by atoms with van der Waals surface area (Å²) in [6.45, 7) is 0. The van der Waals surface area contributed by atoms with Crippen LogP contribution in [-0.4, -0.2) is 0 Å². The highest BCUT2D eigenvalue weighted by Gasteiger charge is 2.14. The summed E-state index contributed by atoms with van der Waals surface area (Å²) in [6.07, 6.45) is 0.782. The van der Waals surface area contributed by atoms with Gasteiger partial charge in [-0.25, -0.2) is 0 Å². The molecule has 0 saturated heterocycles. The van der Waals surface area contributed by atoms with Crippen LogP contribution in [0, 0.1) is 0 Å².